The van der Waals surface area contributed by atoms with Gasteiger partial charge in [0, 0.05) is 42.8 Å². The summed E-state index contributed by atoms with van der Waals surface area (Å²) in [5, 5.41) is 3.12. The van der Waals surface area contributed by atoms with Crippen LogP contribution in [0.15, 0.2) is 48.9 Å². The number of anilines is 1. The van der Waals surface area contributed by atoms with Gasteiger partial charge >= 0.3 is 12.2 Å². The van der Waals surface area contributed by atoms with Gasteiger partial charge in [-0.2, -0.15) is 13.2 Å². The first-order chi connectivity index (χ1) is 17.2. The van der Waals surface area contributed by atoms with Gasteiger partial charge < -0.3 is 15.0 Å². The predicted molar refractivity (Wildman–Crippen MR) is 130 cm³/mol. The summed E-state index contributed by atoms with van der Waals surface area (Å²) >= 11 is 0. The molecule has 36 heavy (non-hydrogen) atoms. The maximum Gasteiger partial charge on any atom is 0.417 e. The lowest BCUT2D eigenvalue weighted by Crippen LogP contribution is -2.51. The molecule has 190 valence electrons. The smallest absolute Gasteiger partial charge is 0.417 e. The SMILES string of the molecule is COc1ncc(-c2ccc(C)cc2C(=O)N2CCCC(C)C2CNc2ccc(C(F)(F)F)cn2)cn1. The lowest BCUT2D eigenvalue weighted by molar-refractivity contribution is -0.137. The quantitative estimate of drug-likeness (QED) is 0.501. The second-order valence-electron chi connectivity index (χ2n) is 9.00. The fourth-order valence-corrected chi connectivity index (χ4v) is 4.49. The number of carbonyl (C=O) groups excluding carboxylic acids is 1. The Balaban J connectivity index is 1.58. The average molecular weight is 500 g/mol. The molecule has 0 saturated carbocycles. The van der Waals surface area contributed by atoms with E-state index in [1.807, 2.05) is 30.0 Å². The second-order valence-corrected chi connectivity index (χ2v) is 9.00. The highest BCUT2D eigenvalue weighted by molar-refractivity contribution is 6.01. The monoisotopic (exact) mass is 499 g/mol. The molecule has 0 aliphatic carbocycles. The van der Waals surface area contributed by atoms with Gasteiger partial charge in [-0.15, -0.1) is 0 Å². The molecule has 1 amide bonds. The average Bonchev–Trinajstić information content (AvgIpc) is 2.87. The fourth-order valence-electron chi connectivity index (χ4n) is 4.49. The van der Waals surface area contributed by atoms with Crippen LogP contribution in [0.4, 0.5) is 19.0 Å². The molecule has 1 aliphatic rings. The van der Waals surface area contributed by atoms with Gasteiger partial charge in [-0.05, 0) is 49.4 Å². The van der Waals surface area contributed by atoms with E-state index in [4.69, 9.17) is 4.74 Å². The number of piperidine rings is 1. The normalized spacial score (nSPS) is 18.1. The summed E-state index contributed by atoms with van der Waals surface area (Å²) in [6, 6.07) is 8.08. The fraction of sp³-hybridized carbons (Fsp3) is 0.385. The molecule has 3 aromatic rings. The van der Waals surface area contributed by atoms with Gasteiger partial charge in [-0.1, -0.05) is 24.6 Å². The van der Waals surface area contributed by atoms with Crippen LogP contribution in [0, 0.1) is 12.8 Å². The molecule has 1 aliphatic heterocycles. The van der Waals surface area contributed by atoms with Crippen molar-refractivity contribution in [2.45, 2.75) is 38.9 Å². The van der Waals surface area contributed by atoms with Crippen molar-refractivity contribution in [2.75, 3.05) is 25.5 Å². The molecule has 0 spiro atoms. The number of aromatic nitrogens is 3. The number of benzene rings is 1. The molecular weight excluding hydrogens is 471 g/mol. The molecule has 2 aromatic heterocycles. The minimum Gasteiger partial charge on any atom is -0.467 e. The Bertz CT molecular complexity index is 1200. The predicted octanol–water partition coefficient (Wildman–Crippen LogP) is 5.23. The van der Waals surface area contributed by atoms with Crippen LogP contribution >= 0.6 is 0 Å². The van der Waals surface area contributed by atoms with Crippen LogP contribution in [0.1, 0.15) is 41.3 Å². The number of pyridine rings is 1. The number of ether oxygens (including phenoxy) is 1. The Morgan fingerprint density at radius 3 is 2.53 bits per heavy atom. The molecule has 1 saturated heterocycles. The van der Waals surface area contributed by atoms with E-state index >= 15 is 0 Å². The Hall–Kier alpha value is -3.69. The maximum absolute atomic E-state index is 13.9. The number of amides is 1. The molecule has 3 heterocycles. The Morgan fingerprint density at radius 2 is 1.89 bits per heavy atom. The molecule has 2 unspecified atom stereocenters. The van der Waals surface area contributed by atoms with Crippen LogP contribution in [0.5, 0.6) is 6.01 Å². The Morgan fingerprint density at radius 1 is 1.14 bits per heavy atom. The number of hydrogen-bond acceptors (Lipinski definition) is 6. The summed E-state index contributed by atoms with van der Waals surface area (Å²) in [6.45, 7) is 4.97. The number of alkyl halides is 3. The van der Waals surface area contributed by atoms with Crippen molar-refractivity contribution < 1.29 is 22.7 Å². The zero-order valence-electron chi connectivity index (χ0n) is 20.3. The van der Waals surface area contributed by atoms with Crippen LogP contribution < -0.4 is 10.1 Å². The number of rotatable bonds is 6. The van der Waals surface area contributed by atoms with E-state index in [0.29, 0.717) is 30.0 Å². The summed E-state index contributed by atoms with van der Waals surface area (Å²) in [6.07, 6.45) is 1.44. The third-order valence-corrected chi connectivity index (χ3v) is 6.49. The molecule has 4 rings (SSSR count). The van der Waals surface area contributed by atoms with Crippen LogP contribution in [-0.4, -0.2) is 52.0 Å². The third kappa shape index (κ3) is 5.58. The van der Waals surface area contributed by atoms with Crippen LogP contribution in [0.25, 0.3) is 11.1 Å². The van der Waals surface area contributed by atoms with Crippen molar-refractivity contribution in [2.24, 2.45) is 5.92 Å². The molecule has 1 N–H and O–H groups in total. The van der Waals surface area contributed by atoms with E-state index in [2.05, 4.69) is 27.2 Å². The van der Waals surface area contributed by atoms with Crippen LogP contribution in [0.3, 0.4) is 0 Å². The van der Waals surface area contributed by atoms with Crippen LogP contribution in [0.2, 0.25) is 0 Å². The number of halogens is 3. The highest BCUT2D eigenvalue weighted by atomic mass is 19.4. The Labute approximate surface area is 207 Å². The summed E-state index contributed by atoms with van der Waals surface area (Å²) in [4.78, 5) is 28.0. The molecule has 0 bridgehead atoms. The number of likely N-dealkylation sites (tertiary alicyclic amines) is 1. The van der Waals surface area contributed by atoms with Gasteiger partial charge in [0.15, 0.2) is 0 Å². The topological polar surface area (TPSA) is 80.2 Å². The standard InChI is InChI=1S/C26H28F3N5O2/c1-16-6-8-20(18-12-32-25(36-3)33-13-18)21(11-16)24(35)34-10-4-5-17(2)22(34)15-31-23-9-7-19(14-30-23)26(27,28)29/h6-9,11-14,17,22H,4-5,10,15H2,1-3H3,(H,30,31). The zero-order chi connectivity index (χ0) is 25.9. The zero-order valence-corrected chi connectivity index (χ0v) is 20.3. The van der Waals surface area contributed by atoms with E-state index < -0.39 is 11.7 Å². The van der Waals surface area contributed by atoms with E-state index in [1.54, 1.807) is 12.4 Å². The van der Waals surface area contributed by atoms with Crippen molar-refractivity contribution in [3.05, 3.63) is 65.6 Å². The van der Waals surface area contributed by atoms with Crippen molar-refractivity contribution in [3.8, 4) is 17.1 Å². The summed E-state index contributed by atoms with van der Waals surface area (Å²) < 4.78 is 43.6. The van der Waals surface area contributed by atoms with Crippen molar-refractivity contribution in [3.63, 3.8) is 0 Å². The van der Waals surface area contributed by atoms with Crippen molar-refractivity contribution >= 4 is 11.7 Å². The van der Waals surface area contributed by atoms with Gasteiger partial charge in [0.1, 0.15) is 5.82 Å². The maximum atomic E-state index is 13.9. The highest BCUT2D eigenvalue weighted by Crippen LogP contribution is 2.31. The minimum absolute atomic E-state index is 0.108. The van der Waals surface area contributed by atoms with Gasteiger partial charge in [0.05, 0.1) is 18.7 Å². The molecule has 0 radical (unpaired) electrons. The lowest BCUT2D eigenvalue weighted by Gasteiger charge is -2.40. The largest absolute Gasteiger partial charge is 0.467 e. The molecule has 2 atom stereocenters. The van der Waals surface area contributed by atoms with Crippen molar-refractivity contribution in [1.29, 1.82) is 0 Å². The number of methoxy groups -OCH3 is 1. The highest BCUT2D eigenvalue weighted by Gasteiger charge is 2.34. The van der Waals surface area contributed by atoms with Crippen LogP contribution in [-0.2, 0) is 6.18 Å². The molecule has 10 heteroatoms. The summed E-state index contributed by atoms with van der Waals surface area (Å²) in [7, 11) is 1.49. The number of hydrogen-bond donors (Lipinski definition) is 1. The van der Waals surface area contributed by atoms with Gasteiger partial charge in [0.2, 0.25) is 0 Å². The first-order valence-corrected chi connectivity index (χ1v) is 11.7. The Kier molecular flexibility index (Phi) is 7.42. The first kappa shape index (κ1) is 25.4. The van der Waals surface area contributed by atoms with E-state index in [0.717, 1.165) is 36.2 Å². The lowest BCUT2D eigenvalue weighted by atomic mass is 9.89. The molecule has 1 fully saturated rings. The number of nitrogens with zero attached hydrogens (tertiary/aromatic N) is 4. The molecule has 1 aromatic carbocycles. The number of nitrogens with one attached hydrogen (secondary N) is 1. The van der Waals surface area contributed by atoms with Gasteiger partial charge in [0.25, 0.3) is 5.91 Å². The second kappa shape index (κ2) is 10.5. The molecular formula is C26H28F3N5O2. The first-order valence-electron chi connectivity index (χ1n) is 11.7. The minimum atomic E-state index is -4.44. The summed E-state index contributed by atoms with van der Waals surface area (Å²) in [5.41, 5.74) is 2.13. The third-order valence-electron chi connectivity index (χ3n) is 6.49. The van der Waals surface area contributed by atoms with Gasteiger partial charge in [-0.25, -0.2) is 15.0 Å². The van der Waals surface area contributed by atoms with Gasteiger partial charge in [-0.3, -0.25) is 4.79 Å². The van der Waals surface area contributed by atoms with E-state index in [1.165, 1.54) is 13.2 Å². The van der Waals surface area contributed by atoms with E-state index in [9.17, 15) is 18.0 Å². The molecule has 7 nitrogen and oxygen atoms in total. The number of carbonyl (C=O) groups is 1. The van der Waals surface area contributed by atoms with Crippen molar-refractivity contribution in [1.82, 2.24) is 19.9 Å². The summed E-state index contributed by atoms with van der Waals surface area (Å²) in [5.74, 6) is 0.422. The van der Waals surface area contributed by atoms with E-state index in [-0.39, 0.29) is 23.9 Å². The number of aryl methyl sites for hydroxylation is 1.